The van der Waals surface area contributed by atoms with Crippen LogP contribution in [0.2, 0.25) is 0 Å². The zero-order valence-electron chi connectivity index (χ0n) is 8.88. The summed E-state index contributed by atoms with van der Waals surface area (Å²) in [6.07, 6.45) is 2.36. The Morgan fingerprint density at radius 3 is 2.79 bits per heavy atom. The Bertz CT molecular complexity index is 206. The molecule has 2 amide bonds. The number of carbonyl (C=O) groups excluding carboxylic acids is 2. The highest BCUT2D eigenvalue weighted by Gasteiger charge is 2.26. The fraction of sp³-hybridized carbons (Fsp3) is 0.800. The molecule has 1 rings (SSSR count). The lowest BCUT2D eigenvalue weighted by Crippen LogP contribution is -2.44. The molecule has 0 aromatic rings. The molecule has 0 radical (unpaired) electrons. The molecule has 0 bridgehead atoms. The lowest BCUT2D eigenvalue weighted by Gasteiger charge is -2.31. The van der Waals surface area contributed by atoms with E-state index in [2.05, 4.69) is 5.32 Å². The highest BCUT2D eigenvalue weighted by Crippen LogP contribution is 2.16. The maximum Gasteiger partial charge on any atom is 0.224 e. The summed E-state index contributed by atoms with van der Waals surface area (Å²) in [7, 11) is 1.64. The molecule has 4 heteroatoms. The minimum atomic E-state index is -0.00995. The lowest BCUT2D eigenvalue weighted by atomic mass is 9.97. The molecule has 1 fully saturated rings. The van der Waals surface area contributed by atoms with Crippen LogP contribution in [0.5, 0.6) is 0 Å². The van der Waals surface area contributed by atoms with Crippen molar-refractivity contribution in [2.24, 2.45) is 5.92 Å². The predicted molar refractivity (Wildman–Crippen MR) is 53.7 cm³/mol. The summed E-state index contributed by atoms with van der Waals surface area (Å²) in [6.45, 7) is 3.25. The van der Waals surface area contributed by atoms with E-state index in [0.717, 1.165) is 19.4 Å². The second-order valence-electron chi connectivity index (χ2n) is 3.65. The minimum absolute atomic E-state index is 0.00995. The standard InChI is InChI=1S/C10H18N2O2/c1-3-9(13)12-6-4-5-8(7-12)10(14)11-2/h8H,3-7H2,1-2H3,(H,11,14). The Hall–Kier alpha value is -1.06. The van der Waals surface area contributed by atoms with Crippen molar-refractivity contribution >= 4 is 11.8 Å². The van der Waals surface area contributed by atoms with Crippen LogP contribution in [0.3, 0.4) is 0 Å². The Labute approximate surface area is 84.7 Å². The average Bonchev–Trinajstić information content (AvgIpc) is 2.27. The zero-order chi connectivity index (χ0) is 10.6. The van der Waals surface area contributed by atoms with Crippen molar-refractivity contribution in [2.75, 3.05) is 20.1 Å². The predicted octanol–water partition coefficient (Wildman–Crippen LogP) is 0.381. The van der Waals surface area contributed by atoms with Gasteiger partial charge in [-0.25, -0.2) is 0 Å². The van der Waals surface area contributed by atoms with Gasteiger partial charge in [-0.3, -0.25) is 9.59 Å². The molecule has 1 saturated heterocycles. The fourth-order valence-corrected chi connectivity index (χ4v) is 1.85. The van der Waals surface area contributed by atoms with Crippen LogP contribution >= 0.6 is 0 Å². The molecule has 80 valence electrons. The van der Waals surface area contributed by atoms with E-state index < -0.39 is 0 Å². The number of hydrogen-bond donors (Lipinski definition) is 1. The Morgan fingerprint density at radius 1 is 1.50 bits per heavy atom. The largest absolute Gasteiger partial charge is 0.359 e. The number of amides is 2. The van der Waals surface area contributed by atoms with E-state index in [1.54, 1.807) is 11.9 Å². The van der Waals surface area contributed by atoms with Crippen molar-refractivity contribution in [1.82, 2.24) is 10.2 Å². The minimum Gasteiger partial charge on any atom is -0.359 e. The van der Waals surface area contributed by atoms with Crippen LogP contribution < -0.4 is 5.32 Å². The topological polar surface area (TPSA) is 49.4 Å². The number of piperidine rings is 1. The number of rotatable bonds is 2. The van der Waals surface area contributed by atoms with Crippen LogP contribution in [0.25, 0.3) is 0 Å². The smallest absolute Gasteiger partial charge is 0.224 e. The monoisotopic (exact) mass is 198 g/mol. The normalized spacial score (nSPS) is 21.9. The third kappa shape index (κ3) is 2.47. The van der Waals surface area contributed by atoms with Crippen molar-refractivity contribution in [3.8, 4) is 0 Å². The first-order chi connectivity index (χ1) is 6.69. The number of carbonyl (C=O) groups is 2. The first kappa shape index (κ1) is 11.0. The van der Waals surface area contributed by atoms with Gasteiger partial charge >= 0.3 is 0 Å². The zero-order valence-corrected chi connectivity index (χ0v) is 8.88. The molecule has 0 spiro atoms. The van der Waals surface area contributed by atoms with Gasteiger partial charge in [0.15, 0.2) is 0 Å². The van der Waals surface area contributed by atoms with Crippen LogP contribution in [-0.2, 0) is 9.59 Å². The molecule has 14 heavy (non-hydrogen) atoms. The summed E-state index contributed by atoms with van der Waals surface area (Å²) in [6, 6.07) is 0. The van der Waals surface area contributed by atoms with E-state index in [1.165, 1.54) is 0 Å². The molecule has 0 aliphatic carbocycles. The number of likely N-dealkylation sites (tertiary alicyclic amines) is 1. The van der Waals surface area contributed by atoms with E-state index in [-0.39, 0.29) is 17.7 Å². The molecule has 4 nitrogen and oxygen atoms in total. The van der Waals surface area contributed by atoms with Gasteiger partial charge in [-0.15, -0.1) is 0 Å². The van der Waals surface area contributed by atoms with E-state index in [9.17, 15) is 9.59 Å². The third-order valence-electron chi connectivity index (χ3n) is 2.69. The first-order valence-electron chi connectivity index (χ1n) is 5.18. The highest BCUT2D eigenvalue weighted by molar-refractivity contribution is 5.81. The molecule has 1 aliphatic heterocycles. The molecule has 0 saturated carbocycles. The fourth-order valence-electron chi connectivity index (χ4n) is 1.85. The average molecular weight is 198 g/mol. The van der Waals surface area contributed by atoms with Gasteiger partial charge in [0.1, 0.15) is 0 Å². The molecule has 0 aromatic heterocycles. The van der Waals surface area contributed by atoms with Gasteiger partial charge in [0, 0.05) is 26.6 Å². The second-order valence-corrected chi connectivity index (χ2v) is 3.65. The van der Waals surface area contributed by atoms with Gasteiger partial charge in [-0.2, -0.15) is 0 Å². The molecular weight excluding hydrogens is 180 g/mol. The molecule has 0 aromatic carbocycles. The highest BCUT2D eigenvalue weighted by atomic mass is 16.2. The van der Waals surface area contributed by atoms with Gasteiger partial charge in [0.2, 0.25) is 11.8 Å². The van der Waals surface area contributed by atoms with Crippen molar-refractivity contribution in [3.63, 3.8) is 0 Å². The van der Waals surface area contributed by atoms with Gasteiger partial charge in [0.25, 0.3) is 0 Å². The van der Waals surface area contributed by atoms with Crippen molar-refractivity contribution in [1.29, 1.82) is 0 Å². The van der Waals surface area contributed by atoms with Gasteiger partial charge in [-0.05, 0) is 12.8 Å². The van der Waals surface area contributed by atoms with E-state index >= 15 is 0 Å². The molecule has 1 atom stereocenters. The Morgan fingerprint density at radius 2 is 2.21 bits per heavy atom. The summed E-state index contributed by atoms with van der Waals surface area (Å²) in [5, 5.41) is 2.64. The van der Waals surface area contributed by atoms with Gasteiger partial charge < -0.3 is 10.2 Å². The lowest BCUT2D eigenvalue weighted by molar-refractivity contribution is -0.135. The number of nitrogens with one attached hydrogen (secondary N) is 1. The Kier molecular flexibility index (Phi) is 3.92. The van der Waals surface area contributed by atoms with E-state index in [4.69, 9.17) is 0 Å². The van der Waals surface area contributed by atoms with Crippen LogP contribution in [0, 0.1) is 5.92 Å². The molecule has 1 heterocycles. The van der Waals surface area contributed by atoms with E-state index in [0.29, 0.717) is 13.0 Å². The third-order valence-corrected chi connectivity index (χ3v) is 2.69. The maximum absolute atomic E-state index is 11.4. The van der Waals surface area contributed by atoms with Crippen LogP contribution in [0.1, 0.15) is 26.2 Å². The number of nitrogens with zero attached hydrogens (tertiary/aromatic N) is 1. The van der Waals surface area contributed by atoms with E-state index in [1.807, 2.05) is 6.92 Å². The van der Waals surface area contributed by atoms with Crippen molar-refractivity contribution in [3.05, 3.63) is 0 Å². The molecule has 1 aliphatic rings. The van der Waals surface area contributed by atoms with Gasteiger partial charge in [-0.1, -0.05) is 6.92 Å². The van der Waals surface area contributed by atoms with Crippen molar-refractivity contribution < 1.29 is 9.59 Å². The molecule has 1 N–H and O–H groups in total. The Balaban J connectivity index is 2.51. The van der Waals surface area contributed by atoms with Gasteiger partial charge in [0.05, 0.1) is 5.92 Å². The summed E-state index contributed by atoms with van der Waals surface area (Å²) >= 11 is 0. The summed E-state index contributed by atoms with van der Waals surface area (Å²) in [5.41, 5.74) is 0. The van der Waals surface area contributed by atoms with Crippen molar-refractivity contribution in [2.45, 2.75) is 26.2 Å². The maximum atomic E-state index is 11.4. The van der Waals surface area contributed by atoms with Crippen LogP contribution in [0.4, 0.5) is 0 Å². The van der Waals surface area contributed by atoms with Crippen LogP contribution in [0.15, 0.2) is 0 Å². The SMILES string of the molecule is CCC(=O)N1CCCC(C(=O)NC)C1. The second kappa shape index (κ2) is 4.98. The first-order valence-corrected chi connectivity index (χ1v) is 5.18. The quantitative estimate of drug-likeness (QED) is 0.697. The number of hydrogen-bond acceptors (Lipinski definition) is 2. The van der Waals surface area contributed by atoms with Crippen LogP contribution in [-0.4, -0.2) is 36.9 Å². The summed E-state index contributed by atoms with van der Waals surface area (Å²) in [5.74, 6) is 0.196. The molecule has 1 unspecified atom stereocenters. The summed E-state index contributed by atoms with van der Waals surface area (Å²) < 4.78 is 0. The summed E-state index contributed by atoms with van der Waals surface area (Å²) in [4.78, 5) is 24.6. The molecular formula is C10H18N2O2.